The van der Waals surface area contributed by atoms with Crippen molar-refractivity contribution in [3.63, 3.8) is 0 Å². The topological polar surface area (TPSA) is 64.9 Å². The summed E-state index contributed by atoms with van der Waals surface area (Å²) in [7, 11) is 1.69. The number of rotatable bonds is 8. The molecule has 6 nitrogen and oxygen atoms in total. The maximum atomic E-state index is 5.39. The minimum Gasteiger partial charge on any atom is -0.497 e. The molecule has 0 spiro atoms. The number of ether oxygens (including phenoxy) is 1. The van der Waals surface area contributed by atoms with Crippen molar-refractivity contribution in [1.82, 2.24) is 24.8 Å². The summed E-state index contributed by atoms with van der Waals surface area (Å²) < 4.78 is 8.75. The second-order valence-electron chi connectivity index (χ2n) is 8.07. The van der Waals surface area contributed by atoms with Crippen molar-refractivity contribution in [3.8, 4) is 5.75 Å². The van der Waals surface area contributed by atoms with Crippen LogP contribution in [-0.4, -0.2) is 39.2 Å². The molecule has 3 rings (SSSR count). The Labute approximate surface area is 190 Å². The maximum Gasteiger partial charge on any atom is 0.175 e. The molecule has 0 aliphatic rings. The summed E-state index contributed by atoms with van der Waals surface area (Å²) in [6.07, 6.45) is 4.36. The molecule has 0 fully saturated rings. The molecule has 0 aliphatic heterocycles. The highest BCUT2D eigenvalue weighted by molar-refractivity contribution is 14.1. The van der Waals surface area contributed by atoms with E-state index in [0.29, 0.717) is 6.04 Å². The number of benzene rings is 1. The van der Waals surface area contributed by atoms with Gasteiger partial charge in [0.15, 0.2) is 10.8 Å². The first-order valence-corrected chi connectivity index (χ1v) is 11.6. The zero-order valence-electron chi connectivity index (χ0n) is 17.6. The van der Waals surface area contributed by atoms with E-state index < -0.39 is 0 Å². The van der Waals surface area contributed by atoms with Crippen LogP contribution in [0.2, 0.25) is 0 Å². The molecule has 1 aromatic carbocycles. The number of aromatic nitrogens is 4. The molecule has 8 heteroatoms. The van der Waals surface area contributed by atoms with Crippen LogP contribution in [0.25, 0.3) is 11.2 Å². The van der Waals surface area contributed by atoms with Gasteiger partial charge in [0, 0.05) is 21.1 Å². The van der Waals surface area contributed by atoms with Gasteiger partial charge >= 0.3 is 0 Å². The van der Waals surface area contributed by atoms with Gasteiger partial charge in [-0.1, -0.05) is 32.5 Å². The molecule has 0 saturated heterocycles. The second kappa shape index (κ2) is 9.61. The Kier molecular flexibility index (Phi) is 7.39. The Hall–Kier alpha value is -1.39. The average Bonchev–Trinajstić information content (AvgIpc) is 3.03. The monoisotopic (exact) mass is 525 g/mol. The van der Waals surface area contributed by atoms with Gasteiger partial charge in [-0.2, -0.15) is 0 Å². The largest absolute Gasteiger partial charge is 0.497 e. The number of nitrogens with one attached hydrogen (secondary N) is 1. The van der Waals surface area contributed by atoms with Crippen LogP contribution in [0, 0.1) is 8.99 Å². The van der Waals surface area contributed by atoms with Gasteiger partial charge in [-0.3, -0.25) is 0 Å². The number of nitrogens with zero attached hydrogens (tertiary/aromatic N) is 4. The van der Waals surface area contributed by atoms with Crippen molar-refractivity contribution in [1.29, 1.82) is 0 Å². The lowest BCUT2D eigenvalue weighted by Gasteiger charge is -2.28. The number of methoxy groups -OCH3 is 1. The highest BCUT2D eigenvalue weighted by Crippen LogP contribution is 2.34. The molecule has 1 N–H and O–H groups in total. The summed E-state index contributed by atoms with van der Waals surface area (Å²) in [5, 5.41) is 4.56. The molecule has 156 valence electrons. The van der Waals surface area contributed by atoms with Gasteiger partial charge in [0.1, 0.15) is 17.6 Å². The zero-order chi connectivity index (χ0) is 21.0. The molecule has 29 heavy (non-hydrogen) atoms. The SMILES string of the molecule is COc1ccc(I)c(Sc2nc3cncnc3n2CCCNC(C)C(C)(C)C)c1. The smallest absolute Gasteiger partial charge is 0.175 e. The summed E-state index contributed by atoms with van der Waals surface area (Å²) in [4.78, 5) is 14.5. The number of halogens is 1. The van der Waals surface area contributed by atoms with E-state index >= 15 is 0 Å². The number of hydrogen-bond acceptors (Lipinski definition) is 6. The molecule has 0 amide bonds. The molecule has 0 radical (unpaired) electrons. The van der Waals surface area contributed by atoms with Gasteiger partial charge in [-0.25, -0.2) is 15.0 Å². The lowest BCUT2D eigenvalue weighted by atomic mass is 9.88. The maximum absolute atomic E-state index is 5.39. The average molecular weight is 525 g/mol. The molecule has 3 aromatic rings. The molecule has 2 aromatic heterocycles. The van der Waals surface area contributed by atoms with Crippen molar-refractivity contribution in [2.45, 2.75) is 56.8 Å². The molecule has 1 unspecified atom stereocenters. The van der Waals surface area contributed by atoms with E-state index in [1.54, 1.807) is 31.4 Å². The Bertz CT molecular complexity index is 969. The van der Waals surface area contributed by atoms with Crippen LogP contribution in [-0.2, 0) is 6.54 Å². The highest BCUT2D eigenvalue weighted by atomic mass is 127. The fourth-order valence-electron chi connectivity index (χ4n) is 2.79. The van der Waals surface area contributed by atoms with Crippen molar-refractivity contribution in [3.05, 3.63) is 34.3 Å². The molecular weight excluding hydrogens is 497 g/mol. The van der Waals surface area contributed by atoms with Crippen LogP contribution < -0.4 is 10.1 Å². The minimum absolute atomic E-state index is 0.249. The van der Waals surface area contributed by atoms with Gasteiger partial charge in [0.05, 0.1) is 13.3 Å². The highest BCUT2D eigenvalue weighted by Gasteiger charge is 2.19. The molecule has 0 bridgehead atoms. The zero-order valence-corrected chi connectivity index (χ0v) is 20.5. The number of hydrogen-bond donors (Lipinski definition) is 1. The van der Waals surface area contributed by atoms with Crippen molar-refractivity contribution >= 4 is 45.5 Å². The van der Waals surface area contributed by atoms with E-state index in [1.807, 2.05) is 12.1 Å². The summed E-state index contributed by atoms with van der Waals surface area (Å²) in [6.45, 7) is 10.8. The van der Waals surface area contributed by atoms with Crippen molar-refractivity contribution in [2.24, 2.45) is 5.41 Å². The Morgan fingerprint density at radius 2 is 2.10 bits per heavy atom. The Balaban J connectivity index is 1.79. The van der Waals surface area contributed by atoms with Crippen molar-refractivity contribution in [2.75, 3.05) is 13.7 Å². The summed E-state index contributed by atoms with van der Waals surface area (Å²) in [5.74, 6) is 0.843. The van der Waals surface area contributed by atoms with E-state index in [1.165, 1.54) is 3.57 Å². The van der Waals surface area contributed by atoms with E-state index in [9.17, 15) is 0 Å². The van der Waals surface area contributed by atoms with Gasteiger partial charge in [-0.05, 0) is 66.1 Å². The number of fused-ring (bicyclic) bond motifs is 1. The Morgan fingerprint density at radius 3 is 2.83 bits per heavy atom. The predicted octanol–water partition coefficient (Wildman–Crippen LogP) is 5.01. The van der Waals surface area contributed by atoms with Gasteiger partial charge in [0.25, 0.3) is 0 Å². The first-order valence-electron chi connectivity index (χ1n) is 9.70. The van der Waals surface area contributed by atoms with E-state index in [2.05, 4.69) is 76.2 Å². The summed E-state index contributed by atoms with van der Waals surface area (Å²) in [5.41, 5.74) is 1.95. The third-order valence-corrected chi connectivity index (χ3v) is 7.38. The standard InChI is InChI=1S/C21H28IN5OS/c1-14(21(2,3)4)24-9-6-10-27-19-17(12-23-13-25-19)26-20(27)29-18-11-15(28-5)7-8-16(18)22/h7-8,11-14,24H,6,9-10H2,1-5H3. The fourth-order valence-corrected chi connectivity index (χ4v) is 4.42. The lowest BCUT2D eigenvalue weighted by molar-refractivity contribution is 0.284. The number of aryl methyl sites for hydroxylation is 1. The molecule has 0 saturated carbocycles. The van der Waals surface area contributed by atoms with Gasteiger partial charge in [0.2, 0.25) is 0 Å². The first kappa shape index (κ1) is 22.3. The van der Waals surface area contributed by atoms with Crippen LogP contribution in [0.15, 0.2) is 40.8 Å². The normalized spacial score (nSPS) is 13.0. The summed E-state index contributed by atoms with van der Waals surface area (Å²) >= 11 is 3.99. The lowest BCUT2D eigenvalue weighted by Crippen LogP contribution is -2.38. The molecular formula is C21H28IN5OS. The third-order valence-electron chi connectivity index (χ3n) is 5.02. The van der Waals surface area contributed by atoms with Gasteiger partial charge < -0.3 is 14.6 Å². The van der Waals surface area contributed by atoms with Gasteiger partial charge in [-0.15, -0.1) is 0 Å². The van der Waals surface area contributed by atoms with E-state index in [-0.39, 0.29) is 5.41 Å². The first-order chi connectivity index (χ1) is 13.8. The van der Waals surface area contributed by atoms with Crippen LogP contribution in [0.3, 0.4) is 0 Å². The number of imidazole rings is 1. The summed E-state index contributed by atoms with van der Waals surface area (Å²) in [6, 6.07) is 6.54. The predicted molar refractivity (Wildman–Crippen MR) is 127 cm³/mol. The van der Waals surface area contributed by atoms with Crippen LogP contribution in [0.4, 0.5) is 0 Å². The third kappa shape index (κ3) is 5.61. The Morgan fingerprint density at radius 1 is 1.31 bits per heavy atom. The molecule has 2 heterocycles. The minimum atomic E-state index is 0.249. The van der Waals surface area contributed by atoms with E-state index in [4.69, 9.17) is 9.72 Å². The van der Waals surface area contributed by atoms with Crippen LogP contribution >= 0.6 is 34.4 Å². The van der Waals surface area contributed by atoms with Crippen LogP contribution in [0.5, 0.6) is 5.75 Å². The van der Waals surface area contributed by atoms with Crippen LogP contribution in [0.1, 0.15) is 34.1 Å². The fraction of sp³-hybridized carbons (Fsp3) is 0.476. The molecule has 1 atom stereocenters. The molecule has 0 aliphatic carbocycles. The van der Waals surface area contributed by atoms with E-state index in [0.717, 1.165) is 46.5 Å². The quantitative estimate of drug-likeness (QED) is 0.330. The second-order valence-corrected chi connectivity index (χ2v) is 10.2. The van der Waals surface area contributed by atoms with Crippen molar-refractivity contribution < 1.29 is 4.74 Å².